The number of hydrogen-bond acceptors (Lipinski definition) is 2. The maximum absolute atomic E-state index is 12.0. The van der Waals surface area contributed by atoms with Crippen molar-refractivity contribution in [1.29, 1.82) is 0 Å². The van der Waals surface area contributed by atoms with E-state index in [2.05, 4.69) is 5.32 Å². The van der Waals surface area contributed by atoms with Crippen LogP contribution in [0.1, 0.15) is 25.3 Å². The average Bonchev–Trinajstić information content (AvgIpc) is 2.58. The van der Waals surface area contributed by atoms with Crippen LogP contribution in [-0.4, -0.2) is 22.9 Å². The van der Waals surface area contributed by atoms with E-state index >= 15 is 0 Å². The lowest BCUT2D eigenvalue weighted by atomic mass is 10.1. The summed E-state index contributed by atoms with van der Waals surface area (Å²) in [4.78, 5) is 25.0. The zero-order valence-corrected chi connectivity index (χ0v) is 10.9. The van der Waals surface area contributed by atoms with Gasteiger partial charge in [0.25, 0.3) is 5.91 Å². The smallest absolute Gasteiger partial charge is 0.325 e. The third kappa shape index (κ3) is 2.64. The van der Waals surface area contributed by atoms with Gasteiger partial charge in [-0.2, -0.15) is 0 Å². The number of hydrogen-bond donors (Lipinski definition) is 1. The molecule has 1 aromatic rings. The van der Waals surface area contributed by atoms with E-state index in [0.717, 1.165) is 12.0 Å². The minimum atomic E-state index is -0.373. The van der Waals surface area contributed by atoms with E-state index in [1.165, 1.54) is 4.90 Å². The molecule has 1 N–H and O–H groups in total. The molecule has 1 aliphatic rings. The second kappa shape index (κ2) is 5.40. The summed E-state index contributed by atoms with van der Waals surface area (Å²) in [5, 5.41) is 3.30. The Morgan fingerprint density at radius 1 is 1.39 bits per heavy atom. The second-order valence-electron chi connectivity index (χ2n) is 4.35. The van der Waals surface area contributed by atoms with E-state index in [0.29, 0.717) is 11.4 Å². The van der Waals surface area contributed by atoms with Gasteiger partial charge < -0.3 is 5.32 Å². The summed E-state index contributed by atoms with van der Waals surface area (Å²) >= 11 is 5.88. The molecule has 1 aromatic carbocycles. The van der Waals surface area contributed by atoms with Gasteiger partial charge in [-0.3, -0.25) is 9.69 Å². The SMILES string of the molecule is CCC[C@@H]1NC(=O)N(Cc2cccc(Cl)c2)C1=O. The maximum atomic E-state index is 12.0. The summed E-state index contributed by atoms with van der Waals surface area (Å²) in [5.41, 5.74) is 0.850. The van der Waals surface area contributed by atoms with Crippen LogP contribution < -0.4 is 5.32 Å². The lowest BCUT2D eigenvalue weighted by molar-refractivity contribution is -0.128. The van der Waals surface area contributed by atoms with Crippen LogP contribution in [0.2, 0.25) is 5.02 Å². The molecule has 0 radical (unpaired) electrons. The van der Waals surface area contributed by atoms with Crippen LogP contribution in [0.4, 0.5) is 4.79 Å². The molecule has 0 spiro atoms. The molecule has 0 aliphatic carbocycles. The van der Waals surface area contributed by atoms with E-state index in [1.54, 1.807) is 18.2 Å². The van der Waals surface area contributed by atoms with Crippen molar-refractivity contribution in [2.45, 2.75) is 32.4 Å². The highest BCUT2D eigenvalue weighted by Gasteiger charge is 2.36. The van der Waals surface area contributed by atoms with Crippen molar-refractivity contribution in [3.8, 4) is 0 Å². The lowest BCUT2D eigenvalue weighted by Crippen LogP contribution is -2.30. The summed E-state index contributed by atoms with van der Waals surface area (Å²) in [6.45, 7) is 2.25. The Morgan fingerprint density at radius 3 is 2.83 bits per heavy atom. The molecule has 0 aromatic heterocycles. The number of urea groups is 1. The Labute approximate surface area is 111 Å². The van der Waals surface area contributed by atoms with Crippen molar-refractivity contribution in [2.24, 2.45) is 0 Å². The van der Waals surface area contributed by atoms with Gasteiger partial charge in [0.1, 0.15) is 6.04 Å². The van der Waals surface area contributed by atoms with E-state index in [4.69, 9.17) is 11.6 Å². The molecular formula is C13H15ClN2O2. The lowest BCUT2D eigenvalue weighted by Gasteiger charge is -2.13. The highest BCUT2D eigenvalue weighted by molar-refractivity contribution is 6.30. The summed E-state index contributed by atoms with van der Waals surface area (Å²) in [6, 6.07) is 6.48. The largest absolute Gasteiger partial charge is 0.326 e. The van der Waals surface area contributed by atoms with Crippen molar-refractivity contribution in [3.05, 3.63) is 34.9 Å². The van der Waals surface area contributed by atoms with Gasteiger partial charge in [0.05, 0.1) is 6.54 Å². The van der Waals surface area contributed by atoms with Crippen LogP contribution in [0.5, 0.6) is 0 Å². The molecule has 96 valence electrons. The fraction of sp³-hybridized carbons (Fsp3) is 0.385. The predicted molar refractivity (Wildman–Crippen MR) is 69.2 cm³/mol. The maximum Gasteiger partial charge on any atom is 0.325 e. The molecule has 18 heavy (non-hydrogen) atoms. The molecular weight excluding hydrogens is 252 g/mol. The molecule has 2 rings (SSSR count). The van der Waals surface area contributed by atoms with E-state index < -0.39 is 0 Å². The molecule has 5 heteroatoms. The number of nitrogens with zero attached hydrogens (tertiary/aromatic N) is 1. The number of imide groups is 1. The average molecular weight is 267 g/mol. The summed E-state index contributed by atoms with van der Waals surface area (Å²) in [5.74, 6) is -0.151. The Morgan fingerprint density at radius 2 is 2.17 bits per heavy atom. The van der Waals surface area contributed by atoms with Gasteiger partial charge in [-0.05, 0) is 24.1 Å². The van der Waals surface area contributed by atoms with Gasteiger partial charge in [0, 0.05) is 5.02 Å². The monoisotopic (exact) mass is 266 g/mol. The number of rotatable bonds is 4. The fourth-order valence-corrected chi connectivity index (χ4v) is 2.24. The molecule has 4 nitrogen and oxygen atoms in total. The minimum Gasteiger partial charge on any atom is -0.326 e. The van der Waals surface area contributed by atoms with Crippen LogP contribution in [0.25, 0.3) is 0 Å². The number of benzene rings is 1. The van der Waals surface area contributed by atoms with Crippen molar-refractivity contribution >= 4 is 23.5 Å². The van der Waals surface area contributed by atoms with Gasteiger partial charge in [-0.25, -0.2) is 4.79 Å². The van der Waals surface area contributed by atoms with E-state index in [9.17, 15) is 9.59 Å². The second-order valence-corrected chi connectivity index (χ2v) is 4.78. The van der Waals surface area contributed by atoms with E-state index in [-0.39, 0.29) is 24.5 Å². The molecule has 0 saturated carbocycles. The van der Waals surface area contributed by atoms with Gasteiger partial charge in [0.15, 0.2) is 0 Å². The van der Waals surface area contributed by atoms with Crippen LogP contribution in [0, 0.1) is 0 Å². The van der Waals surface area contributed by atoms with Crippen LogP contribution in [0.3, 0.4) is 0 Å². The summed E-state index contributed by atoms with van der Waals surface area (Å²) in [6.07, 6.45) is 1.54. The standard InChI is InChI=1S/C13H15ClN2O2/c1-2-4-11-12(17)16(13(18)15-11)8-9-5-3-6-10(14)7-9/h3,5-7,11H,2,4,8H2,1H3,(H,15,18)/t11-/m0/s1. The molecule has 0 unspecified atom stereocenters. The van der Waals surface area contributed by atoms with Crippen LogP contribution in [0.15, 0.2) is 24.3 Å². The Balaban J connectivity index is 2.10. The summed E-state index contributed by atoms with van der Waals surface area (Å²) in [7, 11) is 0. The first-order chi connectivity index (χ1) is 8.61. The number of amides is 3. The number of carbonyl (C=O) groups is 2. The third-order valence-corrected chi connectivity index (χ3v) is 3.15. The Hall–Kier alpha value is -1.55. The quantitative estimate of drug-likeness (QED) is 0.852. The van der Waals surface area contributed by atoms with Crippen LogP contribution in [-0.2, 0) is 11.3 Å². The van der Waals surface area contributed by atoms with Gasteiger partial charge in [0.2, 0.25) is 0 Å². The first-order valence-electron chi connectivity index (χ1n) is 5.98. The molecule has 1 saturated heterocycles. The number of carbonyl (C=O) groups excluding carboxylic acids is 2. The Bertz CT molecular complexity index is 476. The van der Waals surface area contributed by atoms with Crippen molar-refractivity contribution < 1.29 is 9.59 Å². The highest BCUT2D eigenvalue weighted by Crippen LogP contribution is 2.17. The molecule has 1 aliphatic heterocycles. The molecule has 0 bridgehead atoms. The normalized spacial score (nSPS) is 19.2. The van der Waals surface area contributed by atoms with Crippen molar-refractivity contribution in [3.63, 3.8) is 0 Å². The van der Waals surface area contributed by atoms with Crippen molar-refractivity contribution in [1.82, 2.24) is 10.2 Å². The summed E-state index contributed by atoms with van der Waals surface area (Å²) < 4.78 is 0. The molecule has 1 fully saturated rings. The van der Waals surface area contributed by atoms with Gasteiger partial charge >= 0.3 is 6.03 Å². The van der Waals surface area contributed by atoms with Gasteiger partial charge in [-0.15, -0.1) is 0 Å². The zero-order valence-electron chi connectivity index (χ0n) is 10.1. The first kappa shape index (κ1) is 12.9. The molecule has 3 amide bonds. The van der Waals surface area contributed by atoms with E-state index in [1.807, 2.05) is 13.0 Å². The molecule has 1 heterocycles. The number of halogens is 1. The predicted octanol–water partition coefficient (Wildman–Crippen LogP) is 2.56. The highest BCUT2D eigenvalue weighted by atomic mass is 35.5. The van der Waals surface area contributed by atoms with Crippen molar-refractivity contribution in [2.75, 3.05) is 0 Å². The topological polar surface area (TPSA) is 49.4 Å². The Kier molecular flexibility index (Phi) is 3.87. The number of nitrogens with one attached hydrogen (secondary N) is 1. The minimum absolute atomic E-state index is 0.151. The first-order valence-corrected chi connectivity index (χ1v) is 6.36. The third-order valence-electron chi connectivity index (χ3n) is 2.91. The fourth-order valence-electron chi connectivity index (χ4n) is 2.03. The molecule has 1 atom stereocenters. The van der Waals surface area contributed by atoms with Crippen LogP contribution >= 0.6 is 11.6 Å². The zero-order chi connectivity index (χ0) is 13.1. The van der Waals surface area contributed by atoms with Gasteiger partial charge in [-0.1, -0.05) is 37.1 Å².